The fourth-order valence-corrected chi connectivity index (χ4v) is 1.70. The molecule has 0 radical (unpaired) electrons. The molecule has 8 heteroatoms. The van der Waals surface area contributed by atoms with Crippen LogP contribution in [0, 0.1) is 15.9 Å². The second kappa shape index (κ2) is 5.95. The lowest BCUT2D eigenvalue weighted by Gasteiger charge is -2.16. The highest BCUT2D eigenvalue weighted by Gasteiger charge is 2.18. The number of amides is 1. The van der Waals surface area contributed by atoms with Crippen LogP contribution in [0.3, 0.4) is 0 Å². The molecule has 3 N–H and O–H groups in total. The Labute approximate surface area is 118 Å². The number of nitrogens with one attached hydrogen (secondary N) is 1. The summed E-state index contributed by atoms with van der Waals surface area (Å²) in [5, 5.41) is 13.3. The SMILES string of the molecule is NC(=O)C(Nc1ccc([N+](=O)[O-])cn1)c1ccc(F)cc1. The van der Waals surface area contributed by atoms with Crippen LogP contribution in [0.25, 0.3) is 0 Å². The predicted molar refractivity (Wildman–Crippen MR) is 72.8 cm³/mol. The lowest BCUT2D eigenvalue weighted by atomic mass is 10.1. The fraction of sp³-hybridized carbons (Fsp3) is 0.0769. The first-order chi connectivity index (χ1) is 9.97. The van der Waals surface area contributed by atoms with Crippen LogP contribution in [0.5, 0.6) is 0 Å². The molecule has 0 aliphatic rings. The van der Waals surface area contributed by atoms with Crippen molar-refractivity contribution in [3.05, 3.63) is 64.1 Å². The highest BCUT2D eigenvalue weighted by Crippen LogP contribution is 2.20. The maximum absolute atomic E-state index is 12.9. The zero-order chi connectivity index (χ0) is 15.4. The fourth-order valence-electron chi connectivity index (χ4n) is 1.70. The summed E-state index contributed by atoms with van der Waals surface area (Å²) in [6.45, 7) is 0. The number of halogens is 1. The van der Waals surface area contributed by atoms with Gasteiger partial charge in [-0.15, -0.1) is 0 Å². The molecule has 0 aliphatic carbocycles. The van der Waals surface area contributed by atoms with E-state index in [9.17, 15) is 19.3 Å². The third-order valence-corrected chi connectivity index (χ3v) is 2.74. The molecule has 1 unspecified atom stereocenters. The van der Waals surface area contributed by atoms with E-state index in [0.717, 1.165) is 6.20 Å². The van der Waals surface area contributed by atoms with Crippen LogP contribution in [0.4, 0.5) is 15.9 Å². The normalized spacial score (nSPS) is 11.7. The largest absolute Gasteiger partial charge is 0.368 e. The van der Waals surface area contributed by atoms with Crippen LogP contribution in [0.2, 0.25) is 0 Å². The molecule has 0 bridgehead atoms. The summed E-state index contributed by atoms with van der Waals surface area (Å²) in [5.41, 5.74) is 5.60. The van der Waals surface area contributed by atoms with Gasteiger partial charge in [0, 0.05) is 6.07 Å². The Morgan fingerprint density at radius 2 is 1.95 bits per heavy atom. The number of carbonyl (C=O) groups excluding carboxylic acids is 1. The van der Waals surface area contributed by atoms with E-state index < -0.39 is 22.7 Å². The van der Waals surface area contributed by atoms with Crippen molar-refractivity contribution < 1.29 is 14.1 Å². The number of nitrogens with zero attached hydrogens (tertiary/aromatic N) is 2. The second-order valence-corrected chi connectivity index (χ2v) is 4.19. The zero-order valence-corrected chi connectivity index (χ0v) is 10.7. The van der Waals surface area contributed by atoms with Crippen LogP contribution in [0.15, 0.2) is 42.6 Å². The average Bonchev–Trinajstić information content (AvgIpc) is 2.46. The molecule has 1 aromatic heterocycles. The molecule has 21 heavy (non-hydrogen) atoms. The predicted octanol–water partition coefficient (Wildman–Crippen LogP) is 1.77. The monoisotopic (exact) mass is 290 g/mol. The van der Waals surface area contributed by atoms with Gasteiger partial charge in [0.15, 0.2) is 0 Å². The van der Waals surface area contributed by atoms with Crippen LogP contribution in [-0.4, -0.2) is 15.8 Å². The molecular weight excluding hydrogens is 279 g/mol. The summed E-state index contributed by atoms with van der Waals surface area (Å²) in [7, 11) is 0. The van der Waals surface area contributed by atoms with Gasteiger partial charge in [-0.1, -0.05) is 12.1 Å². The first-order valence-corrected chi connectivity index (χ1v) is 5.89. The molecule has 7 nitrogen and oxygen atoms in total. The summed E-state index contributed by atoms with van der Waals surface area (Å²) < 4.78 is 12.9. The molecule has 0 saturated heterocycles. The number of rotatable bonds is 5. The molecule has 1 atom stereocenters. The van der Waals surface area contributed by atoms with Crippen molar-refractivity contribution in [2.45, 2.75) is 6.04 Å². The standard InChI is InChI=1S/C13H11FN4O3/c14-9-3-1-8(2-4-9)12(13(15)19)17-11-6-5-10(7-16-11)18(20)21/h1-7,12H,(H2,15,19)(H,16,17). The van der Waals surface area contributed by atoms with Crippen LogP contribution in [0.1, 0.15) is 11.6 Å². The molecule has 0 spiro atoms. The minimum Gasteiger partial charge on any atom is -0.368 e. The van der Waals surface area contributed by atoms with Gasteiger partial charge < -0.3 is 11.1 Å². The maximum Gasteiger partial charge on any atom is 0.287 e. The molecule has 0 fully saturated rings. The van der Waals surface area contributed by atoms with Gasteiger partial charge in [-0.2, -0.15) is 0 Å². The third kappa shape index (κ3) is 3.50. The minimum atomic E-state index is -0.917. The van der Waals surface area contributed by atoms with Crippen molar-refractivity contribution >= 4 is 17.4 Å². The average molecular weight is 290 g/mol. The number of anilines is 1. The Morgan fingerprint density at radius 3 is 2.43 bits per heavy atom. The van der Waals surface area contributed by atoms with Crippen LogP contribution in [-0.2, 0) is 4.79 Å². The molecule has 0 aliphatic heterocycles. The van der Waals surface area contributed by atoms with E-state index in [-0.39, 0.29) is 11.5 Å². The molecule has 0 saturated carbocycles. The topological polar surface area (TPSA) is 111 Å². The van der Waals surface area contributed by atoms with E-state index in [2.05, 4.69) is 10.3 Å². The van der Waals surface area contributed by atoms with Gasteiger partial charge in [0.1, 0.15) is 23.9 Å². The lowest BCUT2D eigenvalue weighted by molar-refractivity contribution is -0.385. The van der Waals surface area contributed by atoms with Crippen molar-refractivity contribution in [2.24, 2.45) is 5.73 Å². The summed E-state index contributed by atoms with van der Waals surface area (Å²) in [6, 6.07) is 6.94. The number of carbonyl (C=O) groups is 1. The number of benzene rings is 1. The Kier molecular flexibility index (Phi) is 4.07. The highest BCUT2D eigenvalue weighted by atomic mass is 19.1. The molecule has 1 amide bonds. The molecule has 2 aromatic rings. The van der Waals surface area contributed by atoms with Crippen molar-refractivity contribution in [3.63, 3.8) is 0 Å². The third-order valence-electron chi connectivity index (χ3n) is 2.74. The zero-order valence-electron chi connectivity index (χ0n) is 10.7. The van der Waals surface area contributed by atoms with Gasteiger partial charge in [0.25, 0.3) is 5.69 Å². The van der Waals surface area contributed by atoms with Gasteiger partial charge in [-0.3, -0.25) is 14.9 Å². The Hall–Kier alpha value is -3.03. The number of nitro groups is 1. The summed E-state index contributed by atoms with van der Waals surface area (Å²) in [4.78, 5) is 25.3. The number of hydrogen-bond acceptors (Lipinski definition) is 5. The molecule has 2 rings (SSSR count). The van der Waals surface area contributed by atoms with Crippen molar-refractivity contribution in [2.75, 3.05) is 5.32 Å². The molecule has 1 heterocycles. The Bertz CT molecular complexity index is 658. The Morgan fingerprint density at radius 1 is 1.29 bits per heavy atom. The molecule has 1 aromatic carbocycles. The van der Waals surface area contributed by atoms with E-state index in [1.54, 1.807) is 0 Å². The maximum atomic E-state index is 12.9. The highest BCUT2D eigenvalue weighted by molar-refractivity contribution is 5.84. The first kappa shape index (κ1) is 14.4. The minimum absolute atomic E-state index is 0.169. The lowest BCUT2D eigenvalue weighted by Crippen LogP contribution is -2.28. The van der Waals surface area contributed by atoms with E-state index in [1.807, 2.05) is 0 Å². The summed E-state index contributed by atoms with van der Waals surface area (Å²) in [6.07, 6.45) is 1.06. The van der Waals surface area contributed by atoms with E-state index in [1.165, 1.54) is 36.4 Å². The van der Waals surface area contributed by atoms with E-state index in [0.29, 0.717) is 5.56 Å². The number of pyridine rings is 1. The quantitative estimate of drug-likeness (QED) is 0.644. The number of aromatic nitrogens is 1. The first-order valence-electron chi connectivity index (χ1n) is 5.89. The van der Waals surface area contributed by atoms with Crippen LogP contribution < -0.4 is 11.1 Å². The van der Waals surface area contributed by atoms with Gasteiger partial charge in [0.05, 0.1) is 4.92 Å². The van der Waals surface area contributed by atoms with Gasteiger partial charge in [0.2, 0.25) is 5.91 Å². The van der Waals surface area contributed by atoms with E-state index >= 15 is 0 Å². The smallest absolute Gasteiger partial charge is 0.287 e. The van der Waals surface area contributed by atoms with Crippen molar-refractivity contribution in [1.29, 1.82) is 0 Å². The summed E-state index contributed by atoms with van der Waals surface area (Å²) in [5.74, 6) is -0.870. The van der Waals surface area contributed by atoms with Crippen molar-refractivity contribution in [3.8, 4) is 0 Å². The number of primary amides is 1. The van der Waals surface area contributed by atoms with E-state index in [4.69, 9.17) is 5.73 Å². The Balaban J connectivity index is 2.22. The van der Waals surface area contributed by atoms with Gasteiger partial charge >= 0.3 is 0 Å². The molecular formula is C13H11FN4O3. The van der Waals surface area contributed by atoms with Gasteiger partial charge in [-0.05, 0) is 23.8 Å². The number of nitrogens with two attached hydrogens (primary N) is 1. The summed E-state index contributed by atoms with van der Waals surface area (Å²) >= 11 is 0. The molecule has 108 valence electrons. The van der Waals surface area contributed by atoms with Gasteiger partial charge in [-0.25, -0.2) is 9.37 Å². The van der Waals surface area contributed by atoms with Crippen LogP contribution >= 0.6 is 0 Å². The van der Waals surface area contributed by atoms with Crippen molar-refractivity contribution in [1.82, 2.24) is 4.98 Å². The second-order valence-electron chi connectivity index (χ2n) is 4.19. The number of hydrogen-bond donors (Lipinski definition) is 2.